The third-order valence-corrected chi connectivity index (χ3v) is 2.74. The number of ether oxygens (including phenoxy) is 1. The van der Waals surface area contributed by atoms with Crippen molar-refractivity contribution in [1.29, 1.82) is 0 Å². The average molecular weight is 252 g/mol. The second kappa shape index (κ2) is 7.71. The summed E-state index contributed by atoms with van der Waals surface area (Å²) in [5.41, 5.74) is 1.05. The van der Waals surface area contributed by atoms with Crippen molar-refractivity contribution in [1.82, 2.24) is 0 Å². The number of carboxylic acids is 1. The molecule has 0 aromatic heterocycles. The first kappa shape index (κ1) is 14.5. The van der Waals surface area contributed by atoms with E-state index in [0.29, 0.717) is 12.4 Å². The van der Waals surface area contributed by atoms with E-state index in [1.165, 1.54) is 0 Å². The number of hydrogen-bond acceptors (Lipinski definition) is 3. The maximum absolute atomic E-state index is 11.0. The number of aromatic carboxylic acids is 1. The van der Waals surface area contributed by atoms with Crippen LogP contribution in [0.15, 0.2) is 18.2 Å². The Morgan fingerprint density at radius 3 is 2.61 bits per heavy atom. The number of carboxylic acid groups (broad SMARTS) is 1. The monoisotopic (exact) mass is 252 g/mol. The first-order chi connectivity index (χ1) is 8.66. The first-order valence-corrected chi connectivity index (χ1v) is 6.23. The molecule has 0 aliphatic heterocycles. The van der Waals surface area contributed by atoms with Gasteiger partial charge in [-0.15, -0.1) is 0 Å². The van der Waals surface area contributed by atoms with E-state index >= 15 is 0 Å². The number of carbonyl (C=O) groups is 1. The van der Waals surface area contributed by atoms with Crippen LogP contribution < -0.4 is 4.74 Å². The van der Waals surface area contributed by atoms with Crippen molar-refractivity contribution < 1.29 is 19.7 Å². The summed E-state index contributed by atoms with van der Waals surface area (Å²) in [6.07, 6.45) is 3.63. The fraction of sp³-hybridized carbons (Fsp3) is 0.500. The lowest BCUT2D eigenvalue weighted by molar-refractivity contribution is 0.0692. The van der Waals surface area contributed by atoms with E-state index in [2.05, 4.69) is 0 Å². The Bertz CT molecular complexity index is 387. The zero-order valence-electron chi connectivity index (χ0n) is 10.7. The number of para-hydroxylation sites is 1. The van der Waals surface area contributed by atoms with Crippen LogP contribution in [0.5, 0.6) is 5.75 Å². The van der Waals surface area contributed by atoms with Crippen LogP contribution in [0.2, 0.25) is 0 Å². The van der Waals surface area contributed by atoms with Gasteiger partial charge in [0.05, 0.1) is 6.61 Å². The normalized spacial score (nSPS) is 10.3. The lowest BCUT2D eigenvalue weighted by atomic mass is 10.1. The van der Waals surface area contributed by atoms with E-state index in [1.807, 2.05) is 13.0 Å². The number of hydrogen-bond donors (Lipinski definition) is 2. The molecular formula is C14H20O4. The maximum atomic E-state index is 11.0. The molecule has 100 valence electrons. The summed E-state index contributed by atoms with van der Waals surface area (Å²) in [6.45, 7) is 2.58. The van der Waals surface area contributed by atoms with E-state index in [4.69, 9.17) is 14.9 Å². The molecule has 0 atom stereocenters. The molecular weight excluding hydrogens is 232 g/mol. The van der Waals surface area contributed by atoms with Gasteiger partial charge < -0.3 is 14.9 Å². The average Bonchev–Trinajstić information content (AvgIpc) is 2.34. The van der Waals surface area contributed by atoms with E-state index in [1.54, 1.807) is 12.1 Å². The molecule has 2 N–H and O–H groups in total. The molecule has 0 saturated carbocycles. The number of benzene rings is 1. The highest BCUT2D eigenvalue weighted by atomic mass is 16.5. The van der Waals surface area contributed by atoms with Crippen molar-refractivity contribution in [3.05, 3.63) is 29.3 Å². The van der Waals surface area contributed by atoms with Crippen LogP contribution in [-0.2, 0) is 0 Å². The maximum Gasteiger partial charge on any atom is 0.339 e. The van der Waals surface area contributed by atoms with Gasteiger partial charge in [0, 0.05) is 6.61 Å². The summed E-state index contributed by atoms with van der Waals surface area (Å²) >= 11 is 0. The van der Waals surface area contributed by atoms with Crippen LogP contribution >= 0.6 is 0 Å². The summed E-state index contributed by atoms with van der Waals surface area (Å²) < 4.78 is 5.57. The summed E-state index contributed by atoms with van der Waals surface area (Å²) in [6, 6.07) is 5.11. The van der Waals surface area contributed by atoms with Crippen molar-refractivity contribution in [2.24, 2.45) is 0 Å². The van der Waals surface area contributed by atoms with Crippen LogP contribution in [0, 0.1) is 6.92 Å². The number of aryl methyl sites for hydroxylation is 1. The minimum absolute atomic E-state index is 0.213. The van der Waals surface area contributed by atoms with Gasteiger partial charge in [0.25, 0.3) is 0 Å². The summed E-state index contributed by atoms with van der Waals surface area (Å²) in [4.78, 5) is 11.0. The van der Waals surface area contributed by atoms with Gasteiger partial charge in [-0.25, -0.2) is 4.79 Å². The first-order valence-electron chi connectivity index (χ1n) is 6.23. The Morgan fingerprint density at radius 1 is 1.22 bits per heavy atom. The highest BCUT2D eigenvalue weighted by Crippen LogP contribution is 2.23. The highest BCUT2D eigenvalue weighted by Gasteiger charge is 2.12. The fourth-order valence-electron chi connectivity index (χ4n) is 1.75. The number of aliphatic hydroxyl groups is 1. The van der Waals surface area contributed by atoms with Crippen LogP contribution in [0.1, 0.15) is 41.6 Å². The third-order valence-electron chi connectivity index (χ3n) is 2.74. The molecule has 4 nitrogen and oxygen atoms in total. The van der Waals surface area contributed by atoms with Crippen LogP contribution in [0.4, 0.5) is 0 Å². The van der Waals surface area contributed by atoms with Crippen molar-refractivity contribution >= 4 is 5.97 Å². The number of aliphatic hydroxyl groups excluding tert-OH is 1. The van der Waals surface area contributed by atoms with Crippen molar-refractivity contribution in [3.8, 4) is 5.75 Å². The van der Waals surface area contributed by atoms with Crippen LogP contribution in [0.25, 0.3) is 0 Å². The minimum Gasteiger partial charge on any atom is -0.492 e. The Kier molecular flexibility index (Phi) is 6.22. The molecule has 0 aliphatic carbocycles. The standard InChI is InChI=1S/C14H20O4/c1-11-7-6-8-12(14(16)17)13(11)18-10-5-3-2-4-9-15/h6-8,15H,2-5,9-10H2,1H3,(H,16,17). The molecule has 0 heterocycles. The van der Waals surface area contributed by atoms with Gasteiger partial charge in [-0.1, -0.05) is 18.6 Å². The fourth-order valence-corrected chi connectivity index (χ4v) is 1.75. The minimum atomic E-state index is -0.964. The molecule has 0 bridgehead atoms. The summed E-state index contributed by atoms with van der Waals surface area (Å²) in [7, 11) is 0. The largest absolute Gasteiger partial charge is 0.492 e. The topological polar surface area (TPSA) is 66.8 Å². The van der Waals surface area contributed by atoms with Gasteiger partial charge >= 0.3 is 5.97 Å². The Morgan fingerprint density at radius 2 is 1.94 bits per heavy atom. The molecule has 0 aliphatic rings. The quantitative estimate of drug-likeness (QED) is 0.698. The molecule has 1 aromatic rings. The molecule has 0 unspecified atom stereocenters. The van der Waals surface area contributed by atoms with Gasteiger partial charge in [0.1, 0.15) is 11.3 Å². The smallest absolute Gasteiger partial charge is 0.339 e. The van der Waals surface area contributed by atoms with Gasteiger partial charge in [0.2, 0.25) is 0 Å². The molecule has 1 aromatic carbocycles. The molecule has 1 rings (SSSR count). The zero-order chi connectivity index (χ0) is 13.4. The van der Waals surface area contributed by atoms with Crippen LogP contribution in [0.3, 0.4) is 0 Å². The van der Waals surface area contributed by atoms with Crippen molar-refractivity contribution in [2.45, 2.75) is 32.6 Å². The van der Waals surface area contributed by atoms with Crippen molar-refractivity contribution in [2.75, 3.05) is 13.2 Å². The van der Waals surface area contributed by atoms with Crippen molar-refractivity contribution in [3.63, 3.8) is 0 Å². The second-order valence-corrected chi connectivity index (χ2v) is 4.24. The predicted molar refractivity (Wildman–Crippen MR) is 69.2 cm³/mol. The van der Waals surface area contributed by atoms with E-state index in [-0.39, 0.29) is 12.2 Å². The lowest BCUT2D eigenvalue weighted by Gasteiger charge is -2.11. The van der Waals surface area contributed by atoms with E-state index < -0.39 is 5.97 Å². The van der Waals surface area contributed by atoms with Gasteiger partial charge in [-0.3, -0.25) is 0 Å². The summed E-state index contributed by atoms with van der Waals surface area (Å²) in [5.74, 6) is -0.499. The third kappa shape index (κ3) is 4.37. The van der Waals surface area contributed by atoms with E-state index in [0.717, 1.165) is 31.2 Å². The second-order valence-electron chi connectivity index (χ2n) is 4.24. The Labute approximate surface area is 107 Å². The van der Waals surface area contributed by atoms with Crippen LogP contribution in [-0.4, -0.2) is 29.4 Å². The van der Waals surface area contributed by atoms with E-state index in [9.17, 15) is 4.79 Å². The molecule has 0 spiro atoms. The zero-order valence-corrected chi connectivity index (χ0v) is 10.7. The molecule has 0 saturated heterocycles. The highest BCUT2D eigenvalue weighted by molar-refractivity contribution is 5.91. The van der Waals surface area contributed by atoms with Gasteiger partial charge in [-0.05, 0) is 37.8 Å². The number of unbranched alkanes of at least 4 members (excludes halogenated alkanes) is 3. The molecule has 0 fully saturated rings. The van der Waals surface area contributed by atoms with Gasteiger partial charge in [0.15, 0.2) is 0 Å². The summed E-state index contributed by atoms with van der Waals surface area (Å²) in [5, 5.41) is 17.7. The SMILES string of the molecule is Cc1cccc(C(=O)O)c1OCCCCCCO. The number of rotatable bonds is 8. The van der Waals surface area contributed by atoms with Gasteiger partial charge in [-0.2, -0.15) is 0 Å². The Balaban J connectivity index is 2.48. The lowest BCUT2D eigenvalue weighted by Crippen LogP contribution is -2.06. The molecule has 4 heteroatoms. The predicted octanol–water partition coefficient (Wildman–Crippen LogP) is 2.62. The molecule has 18 heavy (non-hydrogen) atoms. The molecule has 0 radical (unpaired) electrons. The Hall–Kier alpha value is -1.55. The molecule has 0 amide bonds.